The Morgan fingerprint density at radius 1 is 1.32 bits per heavy atom. The van der Waals surface area contributed by atoms with Gasteiger partial charge in [0.2, 0.25) is 5.91 Å². The summed E-state index contributed by atoms with van der Waals surface area (Å²) in [4.78, 5) is 15.7. The number of primary amides is 1. The molecule has 1 aromatic carbocycles. The molecule has 1 heterocycles. The van der Waals surface area contributed by atoms with Crippen molar-refractivity contribution >= 4 is 28.9 Å². The van der Waals surface area contributed by atoms with Gasteiger partial charge in [0, 0.05) is 31.7 Å². The van der Waals surface area contributed by atoms with E-state index in [1.807, 2.05) is 0 Å². The standard InChI is InChI=1S/C13H19ClN4O/c1-2-17-3-5-18(6-4-17)12-10(14)7-9(13(16)19)8-11(12)15/h7-8H,2-6,15H2,1H3,(H2,16,19). The fourth-order valence-corrected chi connectivity index (χ4v) is 2.73. The molecule has 0 spiro atoms. The minimum Gasteiger partial charge on any atom is -0.397 e. The van der Waals surface area contributed by atoms with E-state index in [1.165, 1.54) is 0 Å². The Labute approximate surface area is 118 Å². The van der Waals surface area contributed by atoms with Crippen molar-refractivity contribution in [1.82, 2.24) is 4.90 Å². The van der Waals surface area contributed by atoms with Crippen LogP contribution in [0.2, 0.25) is 5.02 Å². The molecule has 104 valence electrons. The second-order valence-corrected chi connectivity index (χ2v) is 5.09. The predicted molar refractivity (Wildman–Crippen MR) is 78.7 cm³/mol. The van der Waals surface area contributed by atoms with Crippen molar-refractivity contribution in [2.24, 2.45) is 5.73 Å². The maximum absolute atomic E-state index is 11.2. The van der Waals surface area contributed by atoms with Crippen LogP contribution in [0, 0.1) is 0 Å². The van der Waals surface area contributed by atoms with E-state index in [9.17, 15) is 4.79 Å². The molecule has 0 unspecified atom stereocenters. The molecule has 1 fully saturated rings. The van der Waals surface area contributed by atoms with E-state index in [2.05, 4.69) is 16.7 Å². The Morgan fingerprint density at radius 2 is 1.95 bits per heavy atom. The van der Waals surface area contributed by atoms with Gasteiger partial charge in [0.05, 0.1) is 16.4 Å². The molecule has 1 aliphatic heterocycles. The Hall–Kier alpha value is -1.46. The van der Waals surface area contributed by atoms with E-state index < -0.39 is 5.91 Å². The van der Waals surface area contributed by atoms with E-state index in [-0.39, 0.29) is 0 Å². The van der Waals surface area contributed by atoms with Gasteiger partial charge < -0.3 is 21.3 Å². The molecular formula is C13H19ClN4O. The normalized spacial score (nSPS) is 16.6. The van der Waals surface area contributed by atoms with Gasteiger partial charge in [0.15, 0.2) is 0 Å². The van der Waals surface area contributed by atoms with Crippen LogP contribution in [-0.4, -0.2) is 43.5 Å². The van der Waals surface area contributed by atoms with Crippen LogP contribution in [0.25, 0.3) is 0 Å². The van der Waals surface area contributed by atoms with E-state index in [0.29, 0.717) is 16.3 Å². The minimum atomic E-state index is -0.518. The highest BCUT2D eigenvalue weighted by atomic mass is 35.5. The number of amides is 1. The van der Waals surface area contributed by atoms with Crippen LogP contribution in [0.5, 0.6) is 0 Å². The highest BCUT2D eigenvalue weighted by Gasteiger charge is 2.21. The fraction of sp³-hybridized carbons (Fsp3) is 0.462. The average Bonchev–Trinajstić information content (AvgIpc) is 2.38. The number of piperazine rings is 1. The van der Waals surface area contributed by atoms with Crippen LogP contribution >= 0.6 is 11.6 Å². The van der Waals surface area contributed by atoms with E-state index in [4.69, 9.17) is 23.1 Å². The number of rotatable bonds is 3. The van der Waals surface area contributed by atoms with Crippen molar-refractivity contribution < 1.29 is 4.79 Å². The second kappa shape index (κ2) is 5.67. The summed E-state index contributed by atoms with van der Waals surface area (Å²) in [6, 6.07) is 3.18. The van der Waals surface area contributed by atoms with Crippen LogP contribution in [0.15, 0.2) is 12.1 Å². The van der Waals surface area contributed by atoms with Gasteiger partial charge in [-0.25, -0.2) is 0 Å². The lowest BCUT2D eigenvalue weighted by Gasteiger charge is -2.36. The zero-order chi connectivity index (χ0) is 14.0. The molecule has 6 heteroatoms. The third kappa shape index (κ3) is 2.93. The number of nitrogens with zero attached hydrogens (tertiary/aromatic N) is 2. The molecule has 2 rings (SSSR count). The van der Waals surface area contributed by atoms with Crippen molar-refractivity contribution in [3.63, 3.8) is 0 Å². The second-order valence-electron chi connectivity index (χ2n) is 4.68. The number of hydrogen-bond donors (Lipinski definition) is 2. The maximum Gasteiger partial charge on any atom is 0.248 e. The molecule has 0 aromatic heterocycles. The van der Waals surface area contributed by atoms with Gasteiger partial charge in [-0.15, -0.1) is 0 Å². The minimum absolute atomic E-state index is 0.346. The smallest absolute Gasteiger partial charge is 0.248 e. The molecule has 19 heavy (non-hydrogen) atoms. The molecule has 1 saturated heterocycles. The zero-order valence-corrected chi connectivity index (χ0v) is 11.8. The summed E-state index contributed by atoms with van der Waals surface area (Å²) >= 11 is 6.24. The van der Waals surface area contributed by atoms with Crippen molar-refractivity contribution in [2.45, 2.75) is 6.92 Å². The molecule has 0 atom stereocenters. The zero-order valence-electron chi connectivity index (χ0n) is 11.0. The topological polar surface area (TPSA) is 75.6 Å². The van der Waals surface area contributed by atoms with E-state index in [1.54, 1.807) is 12.1 Å². The third-order valence-corrected chi connectivity index (χ3v) is 3.80. The quantitative estimate of drug-likeness (QED) is 0.816. The third-order valence-electron chi connectivity index (χ3n) is 3.51. The molecule has 0 bridgehead atoms. The molecular weight excluding hydrogens is 264 g/mol. The number of nitrogen functional groups attached to an aromatic ring is 1. The summed E-state index contributed by atoms with van der Waals surface area (Å²) in [5.41, 5.74) is 12.9. The van der Waals surface area contributed by atoms with Gasteiger partial charge in [-0.2, -0.15) is 0 Å². The van der Waals surface area contributed by atoms with Gasteiger partial charge in [-0.05, 0) is 18.7 Å². The number of nitrogens with two attached hydrogens (primary N) is 2. The number of halogens is 1. The van der Waals surface area contributed by atoms with Crippen molar-refractivity contribution in [3.05, 3.63) is 22.7 Å². The number of carbonyl (C=O) groups excluding carboxylic acids is 1. The van der Waals surface area contributed by atoms with E-state index in [0.717, 1.165) is 38.4 Å². The summed E-state index contributed by atoms with van der Waals surface area (Å²) in [5, 5.41) is 0.485. The largest absolute Gasteiger partial charge is 0.397 e. The summed E-state index contributed by atoms with van der Waals surface area (Å²) < 4.78 is 0. The Balaban J connectivity index is 2.24. The first-order valence-electron chi connectivity index (χ1n) is 6.39. The SMILES string of the molecule is CCN1CCN(c2c(N)cc(C(N)=O)cc2Cl)CC1. The molecule has 1 aromatic rings. The van der Waals surface area contributed by atoms with Gasteiger partial charge in [0.25, 0.3) is 0 Å². The summed E-state index contributed by atoms with van der Waals surface area (Å²) in [7, 11) is 0. The highest BCUT2D eigenvalue weighted by molar-refractivity contribution is 6.34. The first-order valence-corrected chi connectivity index (χ1v) is 6.76. The van der Waals surface area contributed by atoms with E-state index >= 15 is 0 Å². The Bertz CT molecular complexity index is 461. The summed E-state index contributed by atoms with van der Waals surface area (Å²) in [5.74, 6) is -0.518. The Morgan fingerprint density at radius 3 is 2.42 bits per heavy atom. The highest BCUT2D eigenvalue weighted by Crippen LogP contribution is 2.34. The first-order chi connectivity index (χ1) is 9.02. The lowest BCUT2D eigenvalue weighted by molar-refractivity contribution is 0.100. The van der Waals surface area contributed by atoms with Crippen LogP contribution in [0.3, 0.4) is 0 Å². The number of hydrogen-bond acceptors (Lipinski definition) is 4. The molecule has 1 aliphatic rings. The number of likely N-dealkylation sites (N-methyl/N-ethyl adjacent to an activating group) is 1. The van der Waals surface area contributed by atoms with Crippen LogP contribution in [-0.2, 0) is 0 Å². The lowest BCUT2D eigenvalue weighted by atomic mass is 10.1. The number of carbonyl (C=O) groups is 1. The van der Waals surface area contributed by atoms with Crippen molar-refractivity contribution in [2.75, 3.05) is 43.4 Å². The van der Waals surface area contributed by atoms with Crippen LogP contribution < -0.4 is 16.4 Å². The number of anilines is 2. The lowest BCUT2D eigenvalue weighted by Crippen LogP contribution is -2.46. The Kier molecular flexibility index (Phi) is 4.17. The van der Waals surface area contributed by atoms with Crippen molar-refractivity contribution in [1.29, 1.82) is 0 Å². The summed E-state index contributed by atoms with van der Waals surface area (Å²) in [6.45, 7) is 6.95. The average molecular weight is 283 g/mol. The molecule has 0 radical (unpaired) electrons. The molecule has 0 aliphatic carbocycles. The monoisotopic (exact) mass is 282 g/mol. The maximum atomic E-state index is 11.2. The van der Waals surface area contributed by atoms with Gasteiger partial charge >= 0.3 is 0 Å². The van der Waals surface area contributed by atoms with Gasteiger partial charge in [0.1, 0.15) is 0 Å². The first kappa shape index (κ1) is 14.0. The molecule has 5 nitrogen and oxygen atoms in total. The summed E-state index contributed by atoms with van der Waals surface area (Å²) in [6.07, 6.45) is 0. The predicted octanol–water partition coefficient (Wildman–Crippen LogP) is 1.16. The number of benzene rings is 1. The molecule has 0 saturated carbocycles. The van der Waals surface area contributed by atoms with Crippen LogP contribution in [0.1, 0.15) is 17.3 Å². The fourth-order valence-electron chi connectivity index (χ4n) is 2.38. The van der Waals surface area contributed by atoms with Gasteiger partial charge in [-0.3, -0.25) is 4.79 Å². The molecule has 1 amide bonds. The van der Waals surface area contributed by atoms with Crippen LogP contribution in [0.4, 0.5) is 11.4 Å². The van der Waals surface area contributed by atoms with Gasteiger partial charge in [-0.1, -0.05) is 18.5 Å². The van der Waals surface area contributed by atoms with Crippen molar-refractivity contribution in [3.8, 4) is 0 Å². The molecule has 4 N–H and O–H groups in total.